The van der Waals surface area contributed by atoms with Crippen LogP contribution in [0.15, 0.2) is 12.1 Å². The van der Waals surface area contributed by atoms with Gasteiger partial charge in [-0.05, 0) is 62.3 Å². The first-order valence-corrected chi connectivity index (χ1v) is 15.3. The molecule has 2 rings (SSSR count). The Balaban J connectivity index is 0.00000840. The summed E-state index contributed by atoms with van der Waals surface area (Å²) >= 11 is 0. The Morgan fingerprint density at radius 1 is 0.951 bits per heavy atom. The van der Waals surface area contributed by atoms with E-state index < -0.39 is 15.8 Å². The molecule has 232 valence electrons. The number of fused-ring (bicyclic) bond motifs is 1. The molecule has 1 aliphatic heterocycles. The van der Waals surface area contributed by atoms with Gasteiger partial charge in [0, 0.05) is 19.1 Å². The monoisotopic (exact) mass is 630 g/mol. The molecule has 12 nitrogen and oxygen atoms in total. The van der Waals surface area contributed by atoms with Crippen molar-refractivity contribution in [2.75, 3.05) is 82.5 Å². The number of unbranched alkanes of at least 4 members (excludes halogenated alkanes) is 1. The number of ether oxygens (including phenoxy) is 4. The van der Waals surface area contributed by atoms with E-state index in [1.54, 1.807) is 11.1 Å². The zero-order valence-electron chi connectivity index (χ0n) is 25.2. The minimum Gasteiger partial charge on any atom is -0.731 e. The number of nitrogens with zero attached hydrogens (tertiary/aromatic N) is 1. The average Bonchev–Trinajstić information content (AvgIpc) is 2.87. The molecule has 0 saturated carbocycles. The van der Waals surface area contributed by atoms with Gasteiger partial charge in [-0.3, -0.25) is 9.56 Å². The molecule has 3 N–H and O–H groups in total. The Bertz CT molecular complexity index is 981. The molecule has 1 atom stereocenters. The second-order valence-electron chi connectivity index (χ2n) is 10.6. The maximum Gasteiger partial charge on any atom is 1.00 e. The summed E-state index contributed by atoms with van der Waals surface area (Å²) in [4.78, 5) is 6.16. The number of anilines is 2. The van der Waals surface area contributed by atoms with Crippen molar-refractivity contribution in [1.29, 1.82) is 0 Å². The third-order valence-electron chi connectivity index (χ3n) is 6.49. The molecule has 41 heavy (non-hydrogen) atoms. The number of hydrogen-bond donors (Lipinski definition) is 3. The molecule has 14 heteroatoms. The van der Waals surface area contributed by atoms with Crippen LogP contribution < -0.4 is 61.2 Å². The summed E-state index contributed by atoms with van der Waals surface area (Å²) in [7, 11) is -4.71. The number of hydroxylamine groups is 1. The van der Waals surface area contributed by atoms with E-state index in [1.807, 2.05) is 33.8 Å². The van der Waals surface area contributed by atoms with Crippen LogP contribution in [0.3, 0.4) is 0 Å². The molecule has 0 fully saturated rings. The second-order valence-corrected chi connectivity index (χ2v) is 11.7. The quantitative estimate of drug-likeness (QED) is 0.0915. The number of aliphatic hydroxyl groups is 2. The summed E-state index contributed by atoms with van der Waals surface area (Å²) in [6.45, 7) is 11.9. The first-order valence-electron chi connectivity index (χ1n) is 13.9. The van der Waals surface area contributed by atoms with Gasteiger partial charge < -0.3 is 33.7 Å². The van der Waals surface area contributed by atoms with Crippen LogP contribution in [0.1, 0.15) is 69.9 Å². The van der Waals surface area contributed by atoms with E-state index in [0.29, 0.717) is 70.4 Å². The predicted molar refractivity (Wildman–Crippen MR) is 150 cm³/mol. The van der Waals surface area contributed by atoms with E-state index in [4.69, 9.17) is 28.9 Å². The maximum atomic E-state index is 11.4. The first kappa shape index (κ1) is 39.1. The van der Waals surface area contributed by atoms with Gasteiger partial charge in [-0.25, -0.2) is 13.5 Å². The van der Waals surface area contributed by atoms with E-state index in [2.05, 4.69) is 4.72 Å². The molecular formula is C27H47KN2O10S. The summed E-state index contributed by atoms with van der Waals surface area (Å²) in [6, 6.07) is 3.47. The summed E-state index contributed by atoms with van der Waals surface area (Å²) in [5, 5.41) is 20.5. The average molecular weight is 631 g/mol. The van der Waals surface area contributed by atoms with E-state index in [1.165, 1.54) is 0 Å². The second kappa shape index (κ2) is 20.2. The summed E-state index contributed by atoms with van der Waals surface area (Å²) in [6.07, 6.45) is 2.34. The van der Waals surface area contributed by atoms with E-state index in [-0.39, 0.29) is 88.7 Å². The molecule has 1 heterocycles. The van der Waals surface area contributed by atoms with Crippen LogP contribution in [-0.2, 0) is 34.1 Å². The molecule has 0 saturated heterocycles. The van der Waals surface area contributed by atoms with Gasteiger partial charge in [-0.2, -0.15) is 0 Å². The molecule has 0 amide bonds. The number of nitrogens with one attached hydrogen (secondary N) is 1. The number of aliphatic hydroxyl groups excluding tert-OH is 2. The van der Waals surface area contributed by atoms with Crippen molar-refractivity contribution in [3.05, 3.63) is 23.3 Å². The van der Waals surface area contributed by atoms with E-state index in [9.17, 15) is 18.1 Å². The summed E-state index contributed by atoms with van der Waals surface area (Å²) in [5.41, 5.74) is 1.88. The van der Waals surface area contributed by atoms with E-state index in [0.717, 1.165) is 18.5 Å². The zero-order chi connectivity index (χ0) is 29.6. The standard InChI is InChI=1S/C27H48N2O10S.K/c1-21(2)23-18-26-24(17-25(23)28-40(32,33)34)22(20-31)19-27(3,4)29(26)39-16-15-38-14-12-36-9-6-5-8-35-11-13-37-10-7-30;/h17-18,21-22,28,30-31H,5-16,19-20H2,1-4H3,(H,32,33,34);/q;+1/p-1. The zero-order valence-corrected chi connectivity index (χ0v) is 29.2. The van der Waals surface area contributed by atoms with Gasteiger partial charge in [-0.1, -0.05) is 13.8 Å². The number of hydrogen-bond acceptors (Lipinski definition) is 11. The van der Waals surface area contributed by atoms with Crippen LogP contribution in [0, 0.1) is 0 Å². The molecule has 0 radical (unpaired) electrons. The Hall–Kier alpha value is 0.0864. The minimum atomic E-state index is -4.71. The van der Waals surface area contributed by atoms with Crippen molar-refractivity contribution in [1.82, 2.24) is 0 Å². The van der Waals surface area contributed by atoms with Gasteiger partial charge >= 0.3 is 51.4 Å². The van der Waals surface area contributed by atoms with Crippen LogP contribution in [0.25, 0.3) is 0 Å². The minimum absolute atomic E-state index is 0. The summed E-state index contributed by atoms with van der Waals surface area (Å²) in [5.74, 6) is -0.311. The largest absolute Gasteiger partial charge is 1.00 e. The third-order valence-corrected chi connectivity index (χ3v) is 6.96. The fraction of sp³-hybridized carbons (Fsp3) is 0.778. The van der Waals surface area contributed by atoms with Crippen molar-refractivity contribution in [3.8, 4) is 0 Å². The molecule has 1 aromatic rings. The van der Waals surface area contributed by atoms with Gasteiger partial charge in [0.1, 0.15) is 0 Å². The van der Waals surface area contributed by atoms with Gasteiger partial charge in [-0.15, -0.1) is 0 Å². The van der Waals surface area contributed by atoms with Crippen molar-refractivity contribution in [2.45, 2.75) is 64.3 Å². The Morgan fingerprint density at radius 3 is 2.00 bits per heavy atom. The molecule has 0 bridgehead atoms. The first-order chi connectivity index (χ1) is 19.0. The molecule has 0 aliphatic carbocycles. The fourth-order valence-corrected chi connectivity index (χ4v) is 5.10. The van der Waals surface area contributed by atoms with E-state index >= 15 is 0 Å². The molecule has 0 spiro atoms. The van der Waals surface area contributed by atoms with Crippen molar-refractivity contribution in [2.24, 2.45) is 0 Å². The molecule has 1 aromatic carbocycles. The van der Waals surface area contributed by atoms with Gasteiger partial charge in [0.05, 0.1) is 76.4 Å². The number of benzene rings is 1. The fourth-order valence-electron chi connectivity index (χ4n) is 4.66. The van der Waals surface area contributed by atoms with Gasteiger partial charge in [0.2, 0.25) is 0 Å². The molecule has 1 aliphatic rings. The van der Waals surface area contributed by atoms with Crippen LogP contribution in [-0.4, -0.2) is 101 Å². The number of rotatable bonds is 21. The Kier molecular flexibility index (Phi) is 19.3. The normalized spacial score (nSPS) is 16.5. The Morgan fingerprint density at radius 2 is 1.49 bits per heavy atom. The topological polar surface area (TPSA) is 159 Å². The predicted octanol–water partition coefficient (Wildman–Crippen LogP) is -0.479. The molecule has 0 aromatic heterocycles. The Labute approximate surface area is 287 Å². The third kappa shape index (κ3) is 14.2. The molecular weight excluding hydrogens is 583 g/mol. The van der Waals surface area contributed by atoms with Gasteiger partial charge in [0.15, 0.2) is 10.3 Å². The van der Waals surface area contributed by atoms with Crippen molar-refractivity contribution in [3.63, 3.8) is 0 Å². The maximum absolute atomic E-state index is 11.4. The van der Waals surface area contributed by atoms with Crippen LogP contribution >= 0.6 is 0 Å². The summed E-state index contributed by atoms with van der Waals surface area (Å²) < 4.78 is 58.3. The molecule has 1 unspecified atom stereocenters. The van der Waals surface area contributed by atoms with Crippen LogP contribution in [0.2, 0.25) is 0 Å². The van der Waals surface area contributed by atoms with Gasteiger partial charge in [0.25, 0.3) is 0 Å². The van der Waals surface area contributed by atoms with Crippen molar-refractivity contribution >= 4 is 21.7 Å². The van der Waals surface area contributed by atoms with Crippen molar-refractivity contribution < 1.29 is 98.4 Å². The van der Waals surface area contributed by atoms with Crippen LogP contribution in [0.4, 0.5) is 11.4 Å². The SMILES string of the molecule is CC(C)c1cc2c(cc1NS(=O)(=O)[O-])C(CO)CC(C)(C)N2OCCOCCOCCCCOCCOCCO.[K+]. The smallest absolute Gasteiger partial charge is 0.731 e. The van der Waals surface area contributed by atoms with Crippen LogP contribution in [0.5, 0.6) is 0 Å².